The maximum atomic E-state index is 13.7. The van der Waals surface area contributed by atoms with Crippen LogP contribution in [0.1, 0.15) is 48.8 Å². The number of carbonyl (C=O) groups is 2. The van der Waals surface area contributed by atoms with Crippen molar-refractivity contribution in [3.8, 4) is 0 Å². The van der Waals surface area contributed by atoms with Crippen LogP contribution in [0.2, 0.25) is 0 Å². The maximum Gasteiger partial charge on any atom is 0.243 e. The van der Waals surface area contributed by atoms with Crippen molar-refractivity contribution in [3.63, 3.8) is 0 Å². The third kappa shape index (κ3) is 7.25. The van der Waals surface area contributed by atoms with Gasteiger partial charge < -0.3 is 10.2 Å². The second-order valence-corrected chi connectivity index (χ2v) is 9.36. The Morgan fingerprint density at radius 2 is 1.40 bits per heavy atom. The summed E-state index contributed by atoms with van der Waals surface area (Å²) in [6, 6.07) is 25.0. The van der Waals surface area contributed by atoms with Crippen LogP contribution in [0.5, 0.6) is 0 Å². The average Bonchev–Trinajstić information content (AvgIpc) is 2.89. The van der Waals surface area contributed by atoms with Crippen molar-refractivity contribution in [3.05, 3.63) is 107 Å². The monoisotopic (exact) mass is 472 g/mol. The van der Waals surface area contributed by atoms with E-state index in [1.165, 1.54) is 18.6 Å². The molecule has 35 heavy (non-hydrogen) atoms. The molecule has 1 N–H and O–H groups in total. The Morgan fingerprint density at radius 3 is 2.03 bits per heavy atom. The largest absolute Gasteiger partial charge is 0.352 e. The number of carbonyl (C=O) groups excluding carboxylic acids is 2. The summed E-state index contributed by atoms with van der Waals surface area (Å²) in [5, 5.41) is 3.24. The van der Waals surface area contributed by atoms with Crippen molar-refractivity contribution in [2.24, 2.45) is 0 Å². The first-order chi connectivity index (χ1) is 17.1. The molecule has 0 radical (unpaired) electrons. The predicted octanol–water partition coefficient (Wildman–Crippen LogP) is 5.46. The number of halogens is 1. The topological polar surface area (TPSA) is 49.4 Å². The van der Waals surface area contributed by atoms with Gasteiger partial charge in [-0.1, -0.05) is 92.1 Å². The van der Waals surface area contributed by atoms with Gasteiger partial charge in [-0.05, 0) is 41.7 Å². The number of amides is 2. The molecule has 1 unspecified atom stereocenters. The fourth-order valence-electron chi connectivity index (χ4n) is 4.76. The highest BCUT2D eigenvalue weighted by atomic mass is 19.1. The normalized spacial score (nSPS) is 14.8. The second kappa shape index (κ2) is 12.3. The van der Waals surface area contributed by atoms with Crippen LogP contribution in [0.15, 0.2) is 84.9 Å². The highest BCUT2D eigenvalue weighted by Gasteiger charge is 2.31. The van der Waals surface area contributed by atoms with Crippen LogP contribution in [0, 0.1) is 5.82 Å². The van der Waals surface area contributed by atoms with Gasteiger partial charge in [0.25, 0.3) is 0 Å². The van der Waals surface area contributed by atoms with E-state index in [-0.39, 0.29) is 36.6 Å². The van der Waals surface area contributed by atoms with Crippen LogP contribution >= 0.6 is 0 Å². The number of benzene rings is 3. The van der Waals surface area contributed by atoms with Crippen LogP contribution in [0.25, 0.3) is 0 Å². The Kier molecular flexibility index (Phi) is 8.66. The Balaban J connectivity index is 1.63. The third-order valence-electron chi connectivity index (χ3n) is 6.69. The Labute approximate surface area is 207 Å². The van der Waals surface area contributed by atoms with Crippen LogP contribution in [-0.2, 0) is 29.0 Å². The van der Waals surface area contributed by atoms with Gasteiger partial charge in [0.05, 0.1) is 6.42 Å². The Morgan fingerprint density at radius 1 is 0.800 bits per heavy atom. The molecule has 0 bridgehead atoms. The number of nitrogens with zero attached hydrogens (tertiary/aromatic N) is 1. The molecule has 5 heteroatoms. The zero-order chi connectivity index (χ0) is 24.5. The summed E-state index contributed by atoms with van der Waals surface area (Å²) in [5.41, 5.74) is 2.68. The van der Waals surface area contributed by atoms with Gasteiger partial charge >= 0.3 is 0 Å². The zero-order valence-electron chi connectivity index (χ0n) is 20.0. The fourth-order valence-corrected chi connectivity index (χ4v) is 4.76. The number of nitrogens with one attached hydrogen (secondary N) is 1. The number of hydrogen-bond donors (Lipinski definition) is 1. The fraction of sp³-hybridized carbons (Fsp3) is 0.333. The summed E-state index contributed by atoms with van der Waals surface area (Å²) in [4.78, 5) is 29.0. The highest BCUT2D eigenvalue weighted by molar-refractivity contribution is 5.89. The molecule has 3 aromatic rings. The number of rotatable bonds is 9. The molecular weight excluding hydrogens is 439 g/mol. The molecule has 1 aliphatic rings. The van der Waals surface area contributed by atoms with E-state index in [1.54, 1.807) is 17.0 Å². The Bertz CT molecular complexity index is 1080. The van der Waals surface area contributed by atoms with Gasteiger partial charge in [0.2, 0.25) is 11.8 Å². The average molecular weight is 473 g/mol. The summed E-state index contributed by atoms with van der Waals surface area (Å²) in [5.74, 6) is -0.573. The molecule has 0 spiro atoms. The SMILES string of the molecule is O=C(NC1CCCCC1)C(Cc1ccccc1)N(Cc1ccc(F)cc1)C(=O)Cc1ccccc1. The smallest absolute Gasteiger partial charge is 0.243 e. The number of hydrogen-bond acceptors (Lipinski definition) is 2. The minimum atomic E-state index is -0.666. The van der Waals surface area contributed by atoms with Crippen LogP contribution in [0.4, 0.5) is 4.39 Å². The molecule has 4 nitrogen and oxygen atoms in total. The van der Waals surface area contributed by atoms with Gasteiger partial charge in [-0.3, -0.25) is 9.59 Å². The molecular formula is C30H33FN2O2. The summed E-state index contributed by atoms with van der Waals surface area (Å²) in [7, 11) is 0. The molecule has 0 aromatic heterocycles. The lowest BCUT2D eigenvalue weighted by atomic mass is 9.94. The zero-order valence-corrected chi connectivity index (χ0v) is 20.0. The van der Waals surface area contributed by atoms with Crippen LogP contribution in [-0.4, -0.2) is 28.8 Å². The molecule has 1 saturated carbocycles. The molecule has 0 saturated heterocycles. The van der Waals surface area contributed by atoms with Crippen LogP contribution in [0.3, 0.4) is 0 Å². The first-order valence-corrected chi connectivity index (χ1v) is 12.5. The molecule has 1 aliphatic carbocycles. The van der Waals surface area contributed by atoms with E-state index in [4.69, 9.17) is 0 Å². The van der Waals surface area contributed by atoms with E-state index < -0.39 is 6.04 Å². The van der Waals surface area contributed by atoms with Gasteiger partial charge in [-0.15, -0.1) is 0 Å². The first kappa shape index (κ1) is 24.6. The van der Waals surface area contributed by atoms with Crippen molar-refractivity contribution in [1.82, 2.24) is 10.2 Å². The van der Waals surface area contributed by atoms with E-state index in [9.17, 15) is 14.0 Å². The lowest BCUT2D eigenvalue weighted by Gasteiger charge is -2.33. The van der Waals surface area contributed by atoms with E-state index >= 15 is 0 Å². The molecule has 0 aliphatic heterocycles. The lowest BCUT2D eigenvalue weighted by Crippen LogP contribution is -2.53. The summed E-state index contributed by atoms with van der Waals surface area (Å²) >= 11 is 0. The van der Waals surface area contributed by atoms with Crippen LogP contribution < -0.4 is 5.32 Å². The third-order valence-corrected chi connectivity index (χ3v) is 6.69. The molecule has 182 valence electrons. The van der Waals surface area contributed by atoms with Crippen molar-refractivity contribution in [2.75, 3.05) is 0 Å². The summed E-state index contributed by atoms with van der Waals surface area (Å²) in [6.07, 6.45) is 5.98. The van der Waals surface area contributed by atoms with Crippen molar-refractivity contribution in [2.45, 2.75) is 63.6 Å². The van der Waals surface area contributed by atoms with Crippen molar-refractivity contribution < 1.29 is 14.0 Å². The van der Waals surface area contributed by atoms with Gasteiger partial charge in [0, 0.05) is 19.0 Å². The standard InChI is InChI=1S/C30H33FN2O2/c31-26-18-16-25(17-19-26)22-33(29(34)21-24-12-6-2-7-13-24)28(20-23-10-4-1-5-11-23)30(35)32-27-14-8-3-9-15-27/h1-2,4-7,10-13,16-19,27-28H,3,8-9,14-15,20-22H2,(H,32,35). The molecule has 3 aromatic carbocycles. The van der Waals surface area contributed by atoms with Gasteiger partial charge in [-0.2, -0.15) is 0 Å². The minimum Gasteiger partial charge on any atom is -0.352 e. The minimum absolute atomic E-state index is 0.121. The lowest BCUT2D eigenvalue weighted by molar-refractivity contribution is -0.141. The highest BCUT2D eigenvalue weighted by Crippen LogP contribution is 2.20. The molecule has 0 heterocycles. The van der Waals surface area contributed by atoms with Gasteiger partial charge in [0.1, 0.15) is 11.9 Å². The Hall–Kier alpha value is -3.47. The second-order valence-electron chi connectivity index (χ2n) is 9.36. The van der Waals surface area contributed by atoms with Gasteiger partial charge in [0.15, 0.2) is 0 Å². The summed E-state index contributed by atoms with van der Waals surface area (Å²) in [6.45, 7) is 0.238. The van der Waals surface area contributed by atoms with E-state index in [0.717, 1.165) is 42.4 Å². The van der Waals surface area contributed by atoms with E-state index in [1.807, 2.05) is 60.7 Å². The van der Waals surface area contributed by atoms with Gasteiger partial charge in [-0.25, -0.2) is 4.39 Å². The molecule has 4 rings (SSSR count). The molecule has 2 amide bonds. The van der Waals surface area contributed by atoms with Crippen molar-refractivity contribution >= 4 is 11.8 Å². The first-order valence-electron chi connectivity index (χ1n) is 12.5. The van der Waals surface area contributed by atoms with Crippen molar-refractivity contribution in [1.29, 1.82) is 0 Å². The molecule has 1 fully saturated rings. The quantitative estimate of drug-likeness (QED) is 0.450. The maximum absolute atomic E-state index is 13.7. The molecule has 1 atom stereocenters. The van der Waals surface area contributed by atoms with E-state index in [0.29, 0.717) is 6.42 Å². The van der Waals surface area contributed by atoms with E-state index in [2.05, 4.69) is 5.32 Å². The summed E-state index contributed by atoms with van der Waals surface area (Å²) < 4.78 is 13.6. The predicted molar refractivity (Wildman–Crippen MR) is 136 cm³/mol.